The van der Waals surface area contributed by atoms with Gasteiger partial charge < -0.3 is 4.74 Å². The summed E-state index contributed by atoms with van der Waals surface area (Å²) in [6.07, 6.45) is -2.57. The minimum absolute atomic E-state index is 0.157. The molecule has 2 nitrogen and oxygen atoms in total. The van der Waals surface area contributed by atoms with Crippen molar-refractivity contribution in [3.8, 4) is 0 Å². The Kier molecular flexibility index (Phi) is 10.4. The van der Waals surface area contributed by atoms with Crippen molar-refractivity contribution in [2.24, 2.45) is 0 Å². The fraction of sp³-hybridized carbons (Fsp3) is 0.500. The second kappa shape index (κ2) is 9.00. The average molecular weight is 170 g/mol. The monoisotopic (exact) mass is 170 g/mol. The van der Waals surface area contributed by atoms with E-state index in [-0.39, 0.29) is 5.97 Å². The first-order chi connectivity index (χ1) is 5.08. The molecule has 66 valence electrons. The summed E-state index contributed by atoms with van der Waals surface area (Å²) in [5, 5.41) is 0. The molecule has 0 aliphatic carbocycles. The number of methoxy groups -OCH3 is 1. The van der Waals surface area contributed by atoms with E-state index < -0.39 is 12.4 Å². The van der Waals surface area contributed by atoms with Gasteiger partial charge in [-0.2, -0.15) is 8.78 Å². The summed E-state index contributed by atoms with van der Waals surface area (Å²) in [5.41, 5.74) is 0. The van der Waals surface area contributed by atoms with Crippen LogP contribution in [0.15, 0.2) is 12.4 Å². The summed E-state index contributed by atoms with van der Waals surface area (Å²) in [5.74, 6) is -0.157. The standard InChI is InChI=1S/C4H8O2.C2HF3/c1-3-4(5)6-2;3-1-2(4)5/h3H2,1-2H3;1H. The first-order valence-electron chi connectivity index (χ1n) is 2.76. The van der Waals surface area contributed by atoms with Crippen LogP contribution in [0, 0.1) is 0 Å². The van der Waals surface area contributed by atoms with Gasteiger partial charge >= 0.3 is 5.97 Å². The summed E-state index contributed by atoms with van der Waals surface area (Å²) in [7, 11) is 1.38. The lowest BCUT2D eigenvalue weighted by atomic mass is 10.5. The Morgan fingerprint density at radius 3 is 1.91 bits per heavy atom. The van der Waals surface area contributed by atoms with Gasteiger partial charge in [0.25, 0.3) is 6.08 Å². The summed E-state index contributed by atoms with van der Waals surface area (Å²) >= 11 is 0. The second-order valence-electron chi connectivity index (χ2n) is 1.33. The van der Waals surface area contributed by atoms with Crippen molar-refractivity contribution in [2.45, 2.75) is 13.3 Å². The first kappa shape index (κ1) is 12.7. The molecule has 11 heavy (non-hydrogen) atoms. The zero-order chi connectivity index (χ0) is 9.28. The van der Waals surface area contributed by atoms with E-state index in [2.05, 4.69) is 4.74 Å². The molecule has 0 heterocycles. The van der Waals surface area contributed by atoms with Crippen molar-refractivity contribution in [3.05, 3.63) is 12.4 Å². The quantitative estimate of drug-likeness (QED) is 0.564. The third-order valence-corrected chi connectivity index (χ3v) is 0.599. The molecule has 0 fully saturated rings. The second-order valence-corrected chi connectivity index (χ2v) is 1.33. The van der Waals surface area contributed by atoms with E-state index in [0.717, 1.165) is 0 Å². The Balaban J connectivity index is 0. The van der Waals surface area contributed by atoms with Crippen LogP contribution in [0.2, 0.25) is 0 Å². The molecule has 0 bridgehead atoms. The van der Waals surface area contributed by atoms with Crippen LogP contribution in [0.5, 0.6) is 0 Å². The fourth-order valence-corrected chi connectivity index (χ4v) is 0.144. The van der Waals surface area contributed by atoms with Crippen LogP contribution in [0.25, 0.3) is 0 Å². The smallest absolute Gasteiger partial charge is 0.305 e. The molecule has 0 atom stereocenters. The zero-order valence-corrected chi connectivity index (χ0v) is 6.23. The van der Waals surface area contributed by atoms with Gasteiger partial charge in [0.2, 0.25) is 0 Å². The maximum atomic E-state index is 10.2. The maximum absolute atomic E-state index is 10.2. The third kappa shape index (κ3) is 17.6. The Hall–Kier alpha value is -1.00. The van der Waals surface area contributed by atoms with E-state index in [1.807, 2.05) is 0 Å². The van der Waals surface area contributed by atoms with Crippen molar-refractivity contribution >= 4 is 5.97 Å². The van der Waals surface area contributed by atoms with Crippen molar-refractivity contribution in [2.75, 3.05) is 7.11 Å². The number of ether oxygens (including phenoxy) is 1. The molecule has 5 heteroatoms. The number of halogens is 3. The minimum atomic E-state index is -2.29. The molecule has 0 aliphatic heterocycles. The van der Waals surface area contributed by atoms with Gasteiger partial charge in [0, 0.05) is 6.42 Å². The predicted octanol–water partition coefficient (Wildman–Crippen LogP) is 2.26. The zero-order valence-electron chi connectivity index (χ0n) is 6.23. The molecular weight excluding hydrogens is 161 g/mol. The summed E-state index contributed by atoms with van der Waals surface area (Å²) in [6.45, 7) is 1.76. The van der Waals surface area contributed by atoms with E-state index in [1.165, 1.54) is 7.11 Å². The molecule has 0 rings (SSSR count). The summed E-state index contributed by atoms with van der Waals surface area (Å²) < 4.78 is 35.0. The van der Waals surface area contributed by atoms with Crippen molar-refractivity contribution in [1.82, 2.24) is 0 Å². The van der Waals surface area contributed by atoms with Crippen LogP contribution in [0.1, 0.15) is 13.3 Å². The van der Waals surface area contributed by atoms with Gasteiger partial charge in [-0.15, -0.1) is 0 Å². The highest BCUT2D eigenvalue weighted by Gasteiger charge is 1.87. The lowest BCUT2D eigenvalue weighted by molar-refractivity contribution is -0.140. The Morgan fingerprint density at radius 1 is 1.55 bits per heavy atom. The van der Waals surface area contributed by atoms with Gasteiger partial charge in [0.1, 0.15) is 0 Å². The molecule has 0 amide bonds. The lowest BCUT2D eigenvalue weighted by Gasteiger charge is -1.87. The topological polar surface area (TPSA) is 26.3 Å². The number of hydrogen-bond acceptors (Lipinski definition) is 2. The molecule has 0 N–H and O–H groups in total. The van der Waals surface area contributed by atoms with Gasteiger partial charge in [0.05, 0.1) is 7.11 Å². The van der Waals surface area contributed by atoms with E-state index in [0.29, 0.717) is 6.42 Å². The number of carbonyl (C=O) groups excluding carboxylic acids is 1. The molecule has 0 saturated heterocycles. The molecule has 0 aliphatic rings. The number of esters is 1. The van der Waals surface area contributed by atoms with Crippen molar-refractivity contribution < 1.29 is 22.7 Å². The normalized spacial score (nSPS) is 7.36. The van der Waals surface area contributed by atoms with Crippen LogP contribution in [0.4, 0.5) is 13.2 Å². The molecule has 0 unspecified atom stereocenters. The van der Waals surface area contributed by atoms with Gasteiger partial charge in [-0.25, -0.2) is 4.39 Å². The van der Waals surface area contributed by atoms with E-state index in [4.69, 9.17) is 0 Å². The van der Waals surface area contributed by atoms with Gasteiger partial charge in [-0.3, -0.25) is 4.79 Å². The van der Waals surface area contributed by atoms with Gasteiger partial charge in [0.15, 0.2) is 6.33 Å². The molecule has 0 saturated carbocycles. The molecule has 0 aromatic rings. The molecule has 0 radical (unpaired) electrons. The van der Waals surface area contributed by atoms with Crippen molar-refractivity contribution in [1.29, 1.82) is 0 Å². The number of hydrogen-bond donors (Lipinski definition) is 0. The van der Waals surface area contributed by atoms with Crippen LogP contribution in [0.3, 0.4) is 0 Å². The highest BCUT2D eigenvalue weighted by Crippen LogP contribution is 1.93. The van der Waals surface area contributed by atoms with Crippen molar-refractivity contribution in [3.63, 3.8) is 0 Å². The molecule has 0 aromatic heterocycles. The lowest BCUT2D eigenvalue weighted by Crippen LogP contribution is -1.94. The highest BCUT2D eigenvalue weighted by atomic mass is 19.3. The van der Waals surface area contributed by atoms with Crippen LogP contribution < -0.4 is 0 Å². The molecule has 0 aromatic carbocycles. The number of carbonyl (C=O) groups is 1. The largest absolute Gasteiger partial charge is 0.469 e. The fourth-order valence-electron chi connectivity index (χ4n) is 0.144. The summed E-state index contributed by atoms with van der Waals surface area (Å²) in [4.78, 5) is 9.96. The third-order valence-electron chi connectivity index (χ3n) is 0.599. The minimum Gasteiger partial charge on any atom is -0.469 e. The van der Waals surface area contributed by atoms with Crippen LogP contribution in [-0.4, -0.2) is 13.1 Å². The van der Waals surface area contributed by atoms with E-state index >= 15 is 0 Å². The highest BCUT2D eigenvalue weighted by molar-refractivity contribution is 5.68. The Labute approximate surface area is 62.7 Å². The Bertz CT molecular complexity index is 124. The predicted molar refractivity (Wildman–Crippen MR) is 33.7 cm³/mol. The Morgan fingerprint density at radius 2 is 1.91 bits per heavy atom. The maximum Gasteiger partial charge on any atom is 0.305 e. The average Bonchev–Trinajstić information content (AvgIpc) is 2.04. The number of rotatable bonds is 1. The van der Waals surface area contributed by atoms with Gasteiger partial charge in [-0.1, -0.05) is 6.92 Å². The summed E-state index contributed by atoms with van der Waals surface area (Å²) in [6, 6.07) is 0. The van der Waals surface area contributed by atoms with E-state index in [9.17, 15) is 18.0 Å². The first-order valence-corrected chi connectivity index (χ1v) is 2.76. The van der Waals surface area contributed by atoms with Crippen LogP contribution >= 0.6 is 0 Å². The van der Waals surface area contributed by atoms with E-state index in [1.54, 1.807) is 6.92 Å². The van der Waals surface area contributed by atoms with Gasteiger partial charge in [-0.05, 0) is 0 Å². The SMILES string of the molecule is CCC(=O)OC.FC=C(F)F. The molecule has 0 spiro atoms. The molecular formula is C6H9F3O2. The van der Waals surface area contributed by atoms with Crippen LogP contribution in [-0.2, 0) is 9.53 Å².